The Morgan fingerprint density at radius 3 is 2.44 bits per heavy atom. The van der Waals surface area contributed by atoms with E-state index in [2.05, 4.69) is 10.9 Å². The summed E-state index contributed by atoms with van der Waals surface area (Å²) in [5.41, 5.74) is 8.74. The van der Waals surface area contributed by atoms with Gasteiger partial charge in [-0.15, -0.1) is 6.42 Å². The number of imidazole rings is 1. The Morgan fingerprint density at radius 2 is 1.85 bits per heavy atom. The van der Waals surface area contributed by atoms with Crippen LogP contribution in [0, 0.1) is 18.2 Å². The van der Waals surface area contributed by atoms with Crippen molar-refractivity contribution in [1.82, 2.24) is 8.96 Å². The van der Waals surface area contributed by atoms with Gasteiger partial charge in [0.2, 0.25) is 16.0 Å². The van der Waals surface area contributed by atoms with Crippen LogP contribution in [0.2, 0.25) is 0 Å². The van der Waals surface area contributed by atoms with Crippen molar-refractivity contribution in [1.29, 1.82) is 0 Å². The average molecular weight is 383 g/mol. The molecule has 0 aliphatic carbocycles. The second-order valence-electron chi connectivity index (χ2n) is 6.26. The second-order valence-corrected chi connectivity index (χ2v) is 8.60. The van der Waals surface area contributed by atoms with Crippen molar-refractivity contribution in [2.75, 3.05) is 5.73 Å². The quantitative estimate of drug-likeness (QED) is 0.701. The maximum Gasteiger partial charge on any atom is 0.244 e. The van der Waals surface area contributed by atoms with Gasteiger partial charge in [0.15, 0.2) is 0 Å². The lowest BCUT2D eigenvalue weighted by Crippen LogP contribution is -2.23. The van der Waals surface area contributed by atoms with Gasteiger partial charge in [-0.3, -0.25) is 0 Å². The number of terminal acetylenes is 1. The summed E-state index contributed by atoms with van der Waals surface area (Å²) in [4.78, 5) is 4.14. The van der Waals surface area contributed by atoms with Crippen LogP contribution in [0.1, 0.15) is 25.0 Å². The van der Waals surface area contributed by atoms with Gasteiger partial charge in [0.25, 0.3) is 0 Å². The highest BCUT2D eigenvalue weighted by Crippen LogP contribution is 2.29. The lowest BCUT2D eigenvalue weighted by molar-refractivity contribution is 0.580. The maximum absolute atomic E-state index is 13.3. The van der Waals surface area contributed by atoms with E-state index in [0.29, 0.717) is 27.7 Å². The Labute approximate surface area is 157 Å². The molecule has 138 valence electrons. The van der Waals surface area contributed by atoms with Crippen molar-refractivity contribution in [3.05, 3.63) is 65.5 Å². The number of nitrogen functional groups attached to an aromatic ring is 1. The van der Waals surface area contributed by atoms with Crippen molar-refractivity contribution in [3.63, 3.8) is 0 Å². The van der Waals surface area contributed by atoms with Gasteiger partial charge < -0.3 is 5.73 Å². The van der Waals surface area contributed by atoms with Crippen LogP contribution in [-0.4, -0.2) is 22.6 Å². The molecule has 1 aromatic heterocycles. The third-order valence-corrected chi connectivity index (χ3v) is 6.27. The number of anilines is 1. The van der Waals surface area contributed by atoms with Gasteiger partial charge in [-0.1, -0.05) is 24.1 Å². The van der Waals surface area contributed by atoms with E-state index in [0.717, 1.165) is 3.97 Å². The SMILES string of the molecule is C#C/C=C(/c1ccc(F)cc1)c1ccc2nc(N)n(S(=O)(=O)C(C)C)c2c1. The first-order valence-electron chi connectivity index (χ1n) is 8.20. The molecule has 3 rings (SSSR count). The monoisotopic (exact) mass is 383 g/mol. The lowest BCUT2D eigenvalue weighted by Gasteiger charge is -2.12. The van der Waals surface area contributed by atoms with E-state index in [-0.39, 0.29) is 11.8 Å². The minimum absolute atomic E-state index is 0.0971. The normalized spacial score (nSPS) is 12.5. The fourth-order valence-corrected chi connectivity index (χ4v) is 3.91. The van der Waals surface area contributed by atoms with Gasteiger partial charge in [0, 0.05) is 0 Å². The van der Waals surface area contributed by atoms with Gasteiger partial charge in [-0.05, 0) is 60.9 Å². The molecular weight excluding hydrogens is 365 g/mol. The Morgan fingerprint density at radius 1 is 1.22 bits per heavy atom. The molecule has 0 atom stereocenters. The number of halogens is 1. The highest BCUT2D eigenvalue weighted by molar-refractivity contribution is 7.90. The van der Waals surface area contributed by atoms with Crippen LogP contribution in [-0.2, 0) is 10.0 Å². The standard InChI is InChI=1S/C20H18FN3O2S/c1-4-5-17(14-6-9-16(21)10-7-14)15-8-11-18-19(12-15)24(20(22)23-18)27(25,26)13(2)3/h1,5-13H,2-3H3,(H2,22,23)/b17-5-. The van der Waals surface area contributed by atoms with Crippen molar-refractivity contribution >= 4 is 32.6 Å². The third kappa shape index (κ3) is 3.32. The molecule has 0 aliphatic heterocycles. The van der Waals surface area contributed by atoms with E-state index in [4.69, 9.17) is 12.2 Å². The molecule has 0 bridgehead atoms. The van der Waals surface area contributed by atoms with Crippen LogP contribution in [0.4, 0.5) is 10.3 Å². The van der Waals surface area contributed by atoms with E-state index >= 15 is 0 Å². The number of rotatable bonds is 4. The largest absolute Gasteiger partial charge is 0.368 e. The number of nitrogens with two attached hydrogens (primary N) is 1. The summed E-state index contributed by atoms with van der Waals surface area (Å²) in [6.07, 6.45) is 7.01. The molecule has 0 radical (unpaired) electrons. The molecule has 0 fully saturated rings. The van der Waals surface area contributed by atoms with E-state index in [1.54, 1.807) is 50.3 Å². The Hall–Kier alpha value is -3.11. The van der Waals surface area contributed by atoms with Crippen molar-refractivity contribution in [2.24, 2.45) is 0 Å². The second kappa shape index (κ2) is 6.89. The molecular formula is C20H18FN3O2S. The average Bonchev–Trinajstić information content (AvgIpc) is 2.96. The zero-order valence-electron chi connectivity index (χ0n) is 14.8. The Kier molecular flexibility index (Phi) is 4.77. The first-order valence-corrected chi connectivity index (χ1v) is 9.71. The molecule has 2 N–H and O–H groups in total. The molecule has 1 heterocycles. The predicted octanol–water partition coefficient (Wildman–Crippen LogP) is 3.41. The predicted molar refractivity (Wildman–Crippen MR) is 106 cm³/mol. The van der Waals surface area contributed by atoms with Crippen molar-refractivity contribution < 1.29 is 12.8 Å². The number of hydrogen-bond acceptors (Lipinski definition) is 4. The fourth-order valence-electron chi connectivity index (χ4n) is 2.76. The molecule has 7 heteroatoms. The van der Waals surface area contributed by atoms with Crippen LogP contribution >= 0.6 is 0 Å². The highest BCUT2D eigenvalue weighted by Gasteiger charge is 2.24. The van der Waals surface area contributed by atoms with E-state index in [1.807, 2.05) is 0 Å². The smallest absolute Gasteiger partial charge is 0.244 e. The van der Waals surface area contributed by atoms with E-state index < -0.39 is 15.3 Å². The van der Waals surface area contributed by atoms with Gasteiger partial charge in [-0.25, -0.2) is 21.8 Å². The summed E-state index contributed by atoms with van der Waals surface area (Å²) in [6, 6.07) is 11.0. The van der Waals surface area contributed by atoms with Crippen LogP contribution in [0.5, 0.6) is 0 Å². The molecule has 0 unspecified atom stereocenters. The number of benzene rings is 2. The first-order chi connectivity index (χ1) is 12.8. The van der Waals surface area contributed by atoms with Crippen molar-refractivity contribution in [3.8, 4) is 12.3 Å². The summed E-state index contributed by atoms with van der Waals surface area (Å²) in [5, 5.41) is -0.668. The summed E-state index contributed by atoms with van der Waals surface area (Å²) < 4.78 is 39.7. The van der Waals surface area contributed by atoms with Crippen LogP contribution in [0.25, 0.3) is 16.6 Å². The van der Waals surface area contributed by atoms with Crippen LogP contribution in [0.3, 0.4) is 0 Å². The third-order valence-electron chi connectivity index (χ3n) is 4.18. The van der Waals surface area contributed by atoms with Gasteiger partial charge in [-0.2, -0.15) is 0 Å². The summed E-state index contributed by atoms with van der Waals surface area (Å²) in [5.74, 6) is 2.02. The van der Waals surface area contributed by atoms with Crippen molar-refractivity contribution in [2.45, 2.75) is 19.1 Å². The topological polar surface area (TPSA) is 78.0 Å². The maximum atomic E-state index is 13.3. The summed E-state index contributed by atoms with van der Waals surface area (Å²) in [6.45, 7) is 3.15. The van der Waals surface area contributed by atoms with Crippen LogP contribution in [0.15, 0.2) is 48.5 Å². The van der Waals surface area contributed by atoms with Gasteiger partial charge >= 0.3 is 0 Å². The van der Waals surface area contributed by atoms with Gasteiger partial charge in [0.1, 0.15) is 5.82 Å². The number of aromatic nitrogens is 2. The molecule has 27 heavy (non-hydrogen) atoms. The molecule has 0 saturated carbocycles. The molecule has 0 aliphatic rings. The summed E-state index contributed by atoms with van der Waals surface area (Å²) >= 11 is 0. The minimum Gasteiger partial charge on any atom is -0.368 e. The molecule has 2 aromatic carbocycles. The van der Waals surface area contributed by atoms with E-state index in [9.17, 15) is 12.8 Å². The minimum atomic E-state index is -3.70. The number of allylic oxidation sites excluding steroid dienone is 1. The molecule has 0 saturated heterocycles. The fraction of sp³-hybridized carbons (Fsp3) is 0.150. The van der Waals surface area contributed by atoms with Gasteiger partial charge in [0.05, 0.1) is 16.3 Å². The van der Waals surface area contributed by atoms with Crippen LogP contribution < -0.4 is 5.73 Å². The number of hydrogen-bond donors (Lipinski definition) is 1. The first kappa shape index (κ1) is 18.7. The summed E-state index contributed by atoms with van der Waals surface area (Å²) in [7, 11) is -3.70. The lowest BCUT2D eigenvalue weighted by atomic mass is 9.97. The highest BCUT2D eigenvalue weighted by atomic mass is 32.2. The number of nitrogens with zero attached hydrogens (tertiary/aromatic N) is 2. The zero-order chi connectivity index (χ0) is 19.8. The molecule has 0 spiro atoms. The Balaban J connectivity index is 2.25. The molecule has 3 aromatic rings. The molecule has 0 amide bonds. The molecule has 5 nitrogen and oxygen atoms in total. The zero-order valence-corrected chi connectivity index (χ0v) is 15.7. The van der Waals surface area contributed by atoms with E-state index in [1.165, 1.54) is 12.1 Å². The number of fused-ring (bicyclic) bond motifs is 1. The Bertz CT molecular complexity index is 1180.